The summed E-state index contributed by atoms with van der Waals surface area (Å²) in [5.74, 6) is 1.74. The monoisotopic (exact) mass is 431 g/mol. The molecule has 1 atom stereocenters. The largest absolute Gasteiger partial charge is 0.416 e. The van der Waals surface area contributed by atoms with Gasteiger partial charge in [-0.2, -0.15) is 18.2 Å². The van der Waals surface area contributed by atoms with E-state index in [1.165, 1.54) is 6.07 Å². The maximum Gasteiger partial charge on any atom is 0.416 e. The fourth-order valence-electron chi connectivity index (χ4n) is 3.74. The van der Waals surface area contributed by atoms with Crippen LogP contribution in [0.1, 0.15) is 36.9 Å². The zero-order chi connectivity index (χ0) is 22.2. The number of nitrogen functional groups attached to an aromatic ring is 1. The Balaban J connectivity index is 1.72. The summed E-state index contributed by atoms with van der Waals surface area (Å²) in [6.45, 7) is 3.65. The van der Waals surface area contributed by atoms with Crippen LogP contribution in [0.2, 0.25) is 0 Å². The van der Waals surface area contributed by atoms with E-state index in [1.54, 1.807) is 20.2 Å². The lowest BCUT2D eigenvalue weighted by Gasteiger charge is -2.20. The molecule has 4 rings (SSSR count). The van der Waals surface area contributed by atoms with Crippen LogP contribution in [0.5, 0.6) is 0 Å². The lowest BCUT2D eigenvalue weighted by molar-refractivity contribution is -0.137. The molecule has 1 aliphatic heterocycles. The van der Waals surface area contributed by atoms with Gasteiger partial charge in [0, 0.05) is 31.2 Å². The van der Waals surface area contributed by atoms with E-state index in [4.69, 9.17) is 5.73 Å². The van der Waals surface area contributed by atoms with Crippen molar-refractivity contribution in [1.82, 2.24) is 15.0 Å². The standard InChI is InChI=1S/C21H24F3N7/c1-12(13-7-14(21(22,23)24)9-15(25)8-13)28-19-16-10-18(31-5-3-4-6-31)27-11-17(16)29-20(26-2)30-19/h7-12H,3-6,25H2,1-2H3,(H2,26,28,29,30)/t12-/m1/s1. The number of pyridine rings is 1. The first-order valence-electron chi connectivity index (χ1n) is 10.1. The second-order valence-electron chi connectivity index (χ2n) is 7.65. The van der Waals surface area contributed by atoms with Gasteiger partial charge in [-0.05, 0) is 49.6 Å². The summed E-state index contributed by atoms with van der Waals surface area (Å²) in [4.78, 5) is 15.7. The number of nitrogens with one attached hydrogen (secondary N) is 2. The van der Waals surface area contributed by atoms with E-state index in [1.807, 2.05) is 6.07 Å². The maximum absolute atomic E-state index is 13.2. The van der Waals surface area contributed by atoms with Crippen molar-refractivity contribution in [1.29, 1.82) is 0 Å². The van der Waals surface area contributed by atoms with E-state index in [0.717, 1.165) is 49.3 Å². The summed E-state index contributed by atoms with van der Waals surface area (Å²) in [6.07, 6.45) is -0.535. The molecule has 4 N–H and O–H groups in total. The molecule has 164 valence electrons. The second kappa shape index (κ2) is 8.09. The number of alkyl halides is 3. The minimum Gasteiger partial charge on any atom is -0.399 e. The predicted molar refractivity (Wildman–Crippen MR) is 116 cm³/mol. The SMILES string of the molecule is CNc1nc(N[C@H](C)c2cc(N)cc(C(F)(F)F)c2)c2cc(N3CCCC3)ncc2n1. The number of hydrogen-bond donors (Lipinski definition) is 3. The fraction of sp³-hybridized carbons (Fsp3) is 0.381. The third-order valence-corrected chi connectivity index (χ3v) is 5.38. The lowest BCUT2D eigenvalue weighted by atomic mass is 10.0. The highest BCUT2D eigenvalue weighted by Gasteiger charge is 2.31. The topological polar surface area (TPSA) is 92.0 Å². The van der Waals surface area contributed by atoms with Crippen molar-refractivity contribution in [3.05, 3.63) is 41.6 Å². The van der Waals surface area contributed by atoms with Crippen molar-refractivity contribution in [2.75, 3.05) is 41.4 Å². The van der Waals surface area contributed by atoms with E-state index in [2.05, 4.69) is 30.5 Å². The molecule has 1 fully saturated rings. The van der Waals surface area contributed by atoms with Crippen LogP contribution in [0.3, 0.4) is 0 Å². The van der Waals surface area contributed by atoms with E-state index in [0.29, 0.717) is 22.8 Å². The quantitative estimate of drug-likeness (QED) is 0.515. The molecule has 7 nitrogen and oxygen atoms in total. The van der Waals surface area contributed by atoms with Crippen LogP contribution < -0.4 is 21.3 Å². The molecule has 0 aliphatic carbocycles. The molecule has 0 saturated carbocycles. The van der Waals surface area contributed by atoms with Crippen LogP contribution in [0.15, 0.2) is 30.5 Å². The zero-order valence-electron chi connectivity index (χ0n) is 17.3. The van der Waals surface area contributed by atoms with Crippen molar-refractivity contribution >= 4 is 34.2 Å². The number of nitrogens with zero attached hydrogens (tertiary/aromatic N) is 4. The number of anilines is 4. The number of aromatic nitrogens is 3. The van der Waals surface area contributed by atoms with Crippen molar-refractivity contribution in [2.45, 2.75) is 32.0 Å². The van der Waals surface area contributed by atoms with E-state index in [-0.39, 0.29) is 5.69 Å². The van der Waals surface area contributed by atoms with E-state index < -0.39 is 17.8 Å². The molecular formula is C21H24F3N7. The number of hydrogen-bond acceptors (Lipinski definition) is 7. The molecule has 0 radical (unpaired) electrons. The molecule has 3 heterocycles. The highest BCUT2D eigenvalue weighted by atomic mass is 19.4. The summed E-state index contributed by atoms with van der Waals surface area (Å²) in [5.41, 5.74) is 6.07. The van der Waals surface area contributed by atoms with Crippen LogP contribution in [-0.4, -0.2) is 35.1 Å². The normalized spacial score (nSPS) is 15.3. The van der Waals surface area contributed by atoms with E-state index in [9.17, 15) is 13.2 Å². The fourth-order valence-corrected chi connectivity index (χ4v) is 3.74. The Morgan fingerprint density at radius 1 is 1.10 bits per heavy atom. The van der Waals surface area contributed by atoms with Gasteiger partial charge in [0.25, 0.3) is 0 Å². The van der Waals surface area contributed by atoms with Crippen molar-refractivity contribution in [3.63, 3.8) is 0 Å². The Labute approximate surface area is 177 Å². The summed E-state index contributed by atoms with van der Waals surface area (Å²) in [7, 11) is 1.70. The molecule has 0 amide bonds. The molecular weight excluding hydrogens is 407 g/mol. The van der Waals surface area contributed by atoms with Gasteiger partial charge in [-0.1, -0.05) is 0 Å². The van der Waals surface area contributed by atoms with Crippen molar-refractivity contribution in [2.24, 2.45) is 0 Å². The van der Waals surface area contributed by atoms with Gasteiger partial charge in [-0.25, -0.2) is 9.97 Å². The van der Waals surface area contributed by atoms with Gasteiger partial charge in [0.2, 0.25) is 5.95 Å². The van der Waals surface area contributed by atoms with Gasteiger partial charge >= 0.3 is 6.18 Å². The van der Waals surface area contributed by atoms with Gasteiger partial charge in [-0.15, -0.1) is 0 Å². The Hall–Kier alpha value is -3.30. The van der Waals surface area contributed by atoms with Crippen LogP contribution in [0.25, 0.3) is 10.9 Å². The van der Waals surface area contributed by atoms with Crippen LogP contribution in [-0.2, 0) is 6.18 Å². The van der Waals surface area contributed by atoms with Crippen LogP contribution in [0.4, 0.5) is 36.4 Å². The Morgan fingerprint density at radius 2 is 1.84 bits per heavy atom. The van der Waals surface area contributed by atoms with Gasteiger partial charge < -0.3 is 21.3 Å². The zero-order valence-corrected chi connectivity index (χ0v) is 17.3. The Morgan fingerprint density at radius 3 is 2.52 bits per heavy atom. The van der Waals surface area contributed by atoms with Crippen molar-refractivity contribution < 1.29 is 13.2 Å². The molecule has 1 saturated heterocycles. The van der Waals surface area contributed by atoms with Crippen molar-refractivity contribution in [3.8, 4) is 0 Å². The van der Waals surface area contributed by atoms with Crippen LogP contribution >= 0.6 is 0 Å². The second-order valence-corrected chi connectivity index (χ2v) is 7.65. The van der Waals surface area contributed by atoms with Gasteiger partial charge in [-0.3, -0.25) is 0 Å². The highest BCUT2D eigenvalue weighted by Crippen LogP contribution is 2.34. The summed E-state index contributed by atoms with van der Waals surface area (Å²) < 4.78 is 39.7. The predicted octanol–water partition coefficient (Wildman–Crippen LogP) is 4.44. The molecule has 1 aromatic carbocycles. The lowest BCUT2D eigenvalue weighted by Crippen LogP contribution is -2.19. The number of rotatable bonds is 5. The maximum atomic E-state index is 13.2. The number of benzene rings is 1. The Kier molecular flexibility index (Phi) is 5.47. The smallest absolute Gasteiger partial charge is 0.399 e. The first kappa shape index (κ1) is 21.0. The molecule has 0 unspecified atom stereocenters. The molecule has 0 bridgehead atoms. The molecule has 1 aliphatic rings. The summed E-state index contributed by atoms with van der Waals surface area (Å²) >= 11 is 0. The molecule has 2 aromatic heterocycles. The van der Waals surface area contributed by atoms with Gasteiger partial charge in [0.1, 0.15) is 11.6 Å². The molecule has 10 heteroatoms. The number of nitrogens with two attached hydrogens (primary N) is 1. The highest BCUT2D eigenvalue weighted by molar-refractivity contribution is 5.91. The average Bonchev–Trinajstić information content (AvgIpc) is 3.27. The summed E-state index contributed by atoms with van der Waals surface area (Å²) in [5, 5.41) is 6.90. The third-order valence-electron chi connectivity index (χ3n) is 5.38. The molecule has 31 heavy (non-hydrogen) atoms. The van der Waals surface area contributed by atoms with E-state index >= 15 is 0 Å². The Bertz CT molecular complexity index is 1090. The third kappa shape index (κ3) is 4.42. The average molecular weight is 431 g/mol. The molecule has 3 aromatic rings. The minimum absolute atomic E-state index is 0.0578. The first-order valence-corrected chi connectivity index (χ1v) is 10.1. The minimum atomic E-state index is -4.47. The molecule has 0 spiro atoms. The number of fused-ring (bicyclic) bond motifs is 1. The first-order chi connectivity index (χ1) is 14.7. The number of halogens is 3. The van der Waals surface area contributed by atoms with Gasteiger partial charge in [0.15, 0.2) is 0 Å². The summed E-state index contributed by atoms with van der Waals surface area (Å²) in [6, 6.07) is 5.02. The van der Waals surface area contributed by atoms with Crippen LogP contribution in [0, 0.1) is 0 Å². The van der Waals surface area contributed by atoms with Gasteiger partial charge in [0.05, 0.1) is 23.3 Å².